The van der Waals surface area contributed by atoms with E-state index in [-0.39, 0.29) is 5.56 Å². The summed E-state index contributed by atoms with van der Waals surface area (Å²) in [5.41, 5.74) is 1.19. The van der Waals surface area contributed by atoms with Crippen LogP contribution in [0, 0.1) is 11.8 Å². The molecule has 29 heavy (non-hydrogen) atoms. The summed E-state index contributed by atoms with van der Waals surface area (Å²) in [6.07, 6.45) is 3.66. The minimum atomic E-state index is -0.554. The van der Waals surface area contributed by atoms with E-state index in [2.05, 4.69) is 37.6 Å². The first-order chi connectivity index (χ1) is 13.8. The van der Waals surface area contributed by atoms with Crippen molar-refractivity contribution in [3.05, 3.63) is 26.6 Å². The van der Waals surface area contributed by atoms with E-state index in [1.165, 1.54) is 10.4 Å². The van der Waals surface area contributed by atoms with Crippen molar-refractivity contribution in [3.63, 3.8) is 0 Å². The van der Waals surface area contributed by atoms with Crippen LogP contribution < -0.4 is 5.56 Å². The molecule has 0 bridgehead atoms. The summed E-state index contributed by atoms with van der Waals surface area (Å²) in [5.74, 6) is 1.70. The van der Waals surface area contributed by atoms with E-state index >= 15 is 0 Å². The Kier molecular flexibility index (Phi) is 7.85. The average molecular weight is 422 g/mol. The third-order valence-corrected chi connectivity index (χ3v) is 6.44. The molecule has 0 saturated carbocycles. The molecule has 6 nitrogen and oxygen atoms in total. The fourth-order valence-corrected chi connectivity index (χ4v) is 5.08. The van der Waals surface area contributed by atoms with Crippen molar-refractivity contribution < 1.29 is 9.84 Å². The van der Waals surface area contributed by atoms with Crippen LogP contribution in [0.1, 0.15) is 56.8 Å². The maximum Gasteiger partial charge on any atom is 0.259 e. The topological polar surface area (TPSA) is 78.5 Å². The van der Waals surface area contributed by atoms with Gasteiger partial charge in [-0.05, 0) is 49.6 Å². The van der Waals surface area contributed by atoms with Crippen molar-refractivity contribution in [2.75, 3.05) is 26.3 Å². The molecule has 2 aromatic rings. The van der Waals surface area contributed by atoms with Gasteiger partial charge in [0.2, 0.25) is 0 Å². The molecule has 1 unspecified atom stereocenters. The first kappa shape index (κ1) is 22.4. The van der Waals surface area contributed by atoms with Crippen LogP contribution in [0.5, 0.6) is 0 Å². The van der Waals surface area contributed by atoms with Crippen LogP contribution in [0.3, 0.4) is 0 Å². The highest BCUT2D eigenvalue weighted by Gasteiger charge is 2.22. The van der Waals surface area contributed by atoms with E-state index in [1.54, 1.807) is 11.3 Å². The lowest BCUT2D eigenvalue weighted by atomic mass is 10.1. The van der Waals surface area contributed by atoms with Crippen molar-refractivity contribution in [2.24, 2.45) is 11.8 Å². The Morgan fingerprint density at radius 2 is 2.00 bits per heavy atom. The van der Waals surface area contributed by atoms with Gasteiger partial charge in [-0.15, -0.1) is 11.3 Å². The fraction of sp³-hybridized carbons (Fsp3) is 0.727. The minimum absolute atomic E-state index is 0.0194. The van der Waals surface area contributed by atoms with Crippen molar-refractivity contribution >= 4 is 21.6 Å². The van der Waals surface area contributed by atoms with Gasteiger partial charge in [-0.25, -0.2) is 4.98 Å². The first-order valence-corrected chi connectivity index (χ1v) is 11.7. The van der Waals surface area contributed by atoms with Crippen molar-refractivity contribution in [3.8, 4) is 0 Å². The Morgan fingerprint density at radius 3 is 2.72 bits per heavy atom. The molecule has 3 rings (SSSR count). The van der Waals surface area contributed by atoms with E-state index in [0.717, 1.165) is 42.4 Å². The van der Waals surface area contributed by atoms with E-state index in [9.17, 15) is 9.90 Å². The quantitative estimate of drug-likeness (QED) is 0.582. The number of aliphatic hydroxyl groups excluding tert-OH is 1. The lowest BCUT2D eigenvalue weighted by Gasteiger charge is -2.25. The molecule has 0 saturated heterocycles. The van der Waals surface area contributed by atoms with E-state index in [1.807, 2.05) is 0 Å². The molecule has 0 fully saturated rings. The smallest absolute Gasteiger partial charge is 0.259 e. The van der Waals surface area contributed by atoms with Crippen LogP contribution in [0.15, 0.2) is 4.79 Å². The fourth-order valence-electron chi connectivity index (χ4n) is 3.80. The highest BCUT2D eigenvalue weighted by Crippen LogP contribution is 2.34. The molecule has 1 aliphatic carbocycles. The second-order valence-corrected chi connectivity index (χ2v) is 10.1. The summed E-state index contributed by atoms with van der Waals surface area (Å²) in [5, 5.41) is 11.2. The highest BCUT2D eigenvalue weighted by atomic mass is 32.1. The van der Waals surface area contributed by atoms with Crippen LogP contribution in [0.2, 0.25) is 0 Å². The van der Waals surface area contributed by atoms with E-state index in [0.29, 0.717) is 44.0 Å². The number of H-pyrrole nitrogens is 1. The first-order valence-electron chi connectivity index (χ1n) is 10.8. The molecular formula is C22H35N3O3S. The van der Waals surface area contributed by atoms with Crippen LogP contribution >= 0.6 is 11.3 Å². The molecule has 1 atom stereocenters. The Bertz CT molecular complexity index is 859. The third-order valence-electron chi connectivity index (χ3n) is 5.25. The normalized spacial score (nSPS) is 15.2. The Labute approximate surface area is 177 Å². The molecule has 0 aliphatic heterocycles. The van der Waals surface area contributed by atoms with Crippen molar-refractivity contribution in [1.29, 1.82) is 0 Å². The van der Waals surface area contributed by atoms with Crippen molar-refractivity contribution in [1.82, 2.24) is 14.9 Å². The molecule has 2 heterocycles. The predicted molar refractivity (Wildman–Crippen MR) is 119 cm³/mol. The molecule has 0 radical (unpaired) electrons. The SMILES string of the molecule is CC(C)CCN(Cc1nc2sc3c(c2c(=O)[nH]1)CCC3)CC(O)COCC(C)C. The van der Waals surface area contributed by atoms with Gasteiger partial charge in [0, 0.05) is 18.0 Å². The molecule has 162 valence electrons. The summed E-state index contributed by atoms with van der Waals surface area (Å²) in [4.78, 5) is 24.8. The minimum Gasteiger partial charge on any atom is -0.389 e. The van der Waals surface area contributed by atoms with Gasteiger partial charge < -0.3 is 14.8 Å². The molecule has 2 aromatic heterocycles. The molecule has 2 N–H and O–H groups in total. The van der Waals surface area contributed by atoms with Gasteiger partial charge in [-0.2, -0.15) is 0 Å². The van der Waals surface area contributed by atoms with Crippen molar-refractivity contribution in [2.45, 2.75) is 66.0 Å². The lowest BCUT2D eigenvalue weighted by Crippen LogP contribution is -2.36. The number of nitrogens with one attached hydrogen (secondary N) is 1. The maximum atomic E-state index is 12.7. The standard InChI is InChI=1S/C22H35N3O3S/c1-14(2)8-9-25(10-16(26)13-28-12-15(3)4)11-19-23-21(27)20-17-6-5-7-18(17)29-22(20)24-19/h14-16,26H,5-13H2,1-4H3,(H,23,24,27). The Morgan fingerprint density at radius 1 is 1.21 bits per heavy atom. The number of fused-ring (bicyclic) bond motifs is 3. The van der Waals surface area contributed by atoms with Gasteiger partial charge in [0.25, 0.3) is 5.56 Å². The summed E-state index contributed by atoms with van der Waals surface area (Å²) in [6.45, 7) is 11.4. The van der Waals surface area contributed by atoms with Crippen LogP contribution in [-0.2, 0) is 24.1 Å². The van der Waals surface area contributed by atoms with Gasteiger partial charge in [0.1, 0.15) is 10.7 Å². The number of rotatable bonds is 11. The predicted octanol–water partition coefficient (Wildman–Crippen LogP) is 3.35. The third kappa shape index (κ3) is 6.10. The number of ether oxygens (including phenoxy) is 1. The number of aliphatic hydroxyl groups is 1. The molecular weight excluding hydrogens is 386 g/mol. The lowest BCUT2D eigenvalue weighted by molar-refractivity contribution is 0.00592. The number of nitrogens with zero attached hydrogens (tertiary/aromatic N) is 2. The molecule has 0 aromatic carbocycles. The monoisotopic (exact) mass is 421 g/mol. The molecule has 0 amide bonds. The van der Waals surface area contributed by atoms with E-state index in [4.69, 9.17) is 9.72 Å². The number of aromatic nitrogens is 2. The Balaban J connectivity index is 1.70. The zero-order valence-corrected chi connectivity index (χ0v) is 19.0. The van der Waals surface area contributed by atoms with Gasteiger partial charge in [-0.1, -0.05) is 27.7 Å². The maximum absolute atomic E-state index is 12.7. The van der Waals surface area contributed by atoms with E-state index < -0.39 is 6.10 Å². The van der Waals surface area contributed by atoms with Crippen LogP contribution in [0.4, 0.5) is 0 Å². The number of aromatic amines is 1. The van der Waals surface area contributed by atoms with Gasteiger partial charge in [0.15, 0.2) is 0 Å². The second kappa shape index (κ2) is 10.2. The Hall–Kier alpha value is -1.28. The second-order valence-electron chi connectivity index (χ2n) is 9.05. The summed E-state index contributed by atoms with van der Waals surface area (Å²) >= 11 is 1.67. The van der Waals surface area contributed by atoms with Gasteiger partial charge in [0.05, 0.1) is 24.6 Å². The van der Waals surface area contributed by atoms with Gasteiger partial charge in [-0.3, -0.25) is 9.69 Å². The summed E-state index contributed by atoms with van der Waals surface area (Å²) in [6, 6.07) is 0. The zero-order chi connectivity index (χ0) is 21.0. The highest BCUT2D eigenvalue weighted by molar-refractivity contribution is 7.18. The summed E-state index contributed by atoms with van der Waals surface area (Å²) in [7, 11) is 0. The molecule has 7 heteroatoms. The zero-order valence-electron chi connectivity index (χ0n) is 18.2. The summed E-state index contributed by atoms with van der Waals surface area (Å²) < 4.78 is 5.60. The molecule has 1 aliphatic rings. The number of thiophene rings is 1. The number of aryl methyl sites for hydroxylation is 2. The van der Waals surface area contributed by atoms with Crippen LogP contribution in [0.25, 0.3) is 10.2 Å². The molecule has 0 spiro atoms. The average Bonchev–Trinajstić information content (AvgIpc) is 3.19. The van der Waals surface area contributed by atoms with Gasteiger partial charge >= 0.3 is 0 Å². The number of hydrogen-bond acceptors (Lipinski definition) is 6. The number of hydrogen-bond donors (Lipinski definition) is 2. The van der Waals surface area contributed by atoms with Crippen LogP contribution in [-0.4, -0.2) is 52.4 Å². The largest absolute Gasteiger partial charge is 0.389 e.